The van der Waals surface area contributed by atoms with Crippen molar-refractivity contribution >= 4 is 28.3 Å². The first-order chi connectivity index (χ1) is 17.8. The molecule has 2 aromatic heterocycles. The molecule has 8 nitrogen and oxygen atoms in total. The highest BCUT2D eigenvalue weighted by atomic mass is 16.2. The average Bonchev–Trinajstić information content (AvgIpc) is 3.35. The molecule has 0 aliphatic heterocycles. The van der Waals surface area contributed by atoms with Crippen molar-refractivity contribution in [2.45, 2.75) is 77.3 Å². The summed E-state index contributed by atoms with van der Waals surface area (Å²) in [5.74, 6) is -0.368. The molecule has 0 bridgehead atoms. The van der Waals surface area contributed by atoms with Gasteiger partial charge in [0.15, 0.2) is 5.78 Å². The molecule has 0 radical (unpaired) electrons. The topological polar surface area (TPSA) is 124 Å². The summed E-state index contributed by atoms with van der Waals surface area (Å²) in [5.41, 5.74) is 3.40. The van der Waals surface area contributed by atoms with E-state index in [0.717, 1.165) is 54.3 Å². The van der Waals surface area contributed by atoms with Gasteiger partial charge in [-0.05, 0) is 58.2 Å². The Morgan fingerprint density at radius 2 is 1.89 bits per heavy atom. The number of fused-ring (bicyclic) bond motifs is 1. The fourth-order valence-corrected chi connectivity index (χ4v) is 5.37. The van der Waals surface area contributed by atoms with Crippen molar-refractivity contribution in [2.24, 2.45) is 5.92 Å². The number of aromatic nitrogens is 3. The van der Waals surface area contributed by atoms with Gasteiger partial charge in [0, 0.05) is 28.6 Å². The molecule has 1 aliphatic carbocycles. The molecule has 196 valence electrons. The summed E-state index contributed by atoms with van der Waals surface area (Å²) in [5, 5.41) is 16.0. The van der Waals surface area contributed by atoms with Crippen LogP contribution in [0.1, 0.15) is 69.8 Å². The first-order valence-electron chi connectivity index (χ1n) is 13.4. The number of Topliss-reactive ketones (excluding diaryl/α,β-unsaturated/α-hetero) is 1. The molecule has 3 unspecified atom stereocenters. The summed E-state index contributed by atoms with van der Waals surface area (Å²) in [4.78, 5) is 39.2. The number of hydrogen-bond donors (Lipinski definition) is 4. The van der Waals surface area contributed by atoms with E-state index in [-0.39, 0.29) is 23.3 Å². The second kappa shape index (κ2) is 11.8. The van der Waals surface area contributed by atoms with Crippen LogP contribution in [-0.4, -0.2) is 51.5 Å². The number of carbonyl (C=O) groups is 2. The molecule has 1 saturated carbocycles. The summed E-state index contributed by atoms with van der Waals surface area (Å²) in [6, 6.07) is 8.83. The number of aromatic amines is 1. The molecule has 1 aliphatic rings. The first-order valence-corrected chi connectivity index (χ1v) is 13.4. The maximum absolute atomic E-state index is 13.8. The minimum atomic E-state index is -0.693. The number of likely N-dealkylation sites (N-methyl/N-ethyl adjacent to an activating group) is 1. The van der Waals surface area contributed by atoms with Crippen molar-refractivity contribution in [2.75, 3.05) is 7.05 Å². The summed E-state index contributed by atoms with van der Waals surface area (Å²) >= 11 is 0. The van der Waals surface area contributed by atoms with Crippen LogP contribution in [0, 0.1) is 18.3 Å². The Hall–Kier alpha value is -3.39. The number of benzene rings is 1. The third-order valence-electron chi connectivity index (χ3n) is 7.63. The molecule has 4 rings (SSSR count). The third kappa shape index (κ3) is 5.80. The minimum Gasteiger partial charge on any atom is -0.360 e. The van der Waals surface area contributed by atoms with Crippen LogP contribution in [0.25, 0.3) is 22.2 Å². The van der Waals surface area contributed by atoms with Crippen molar-refractivity contribution in [1.29, 1.82) is 5.41 Å². The minimum absolute atomic E-state index is 0.00143. The second-order valence-electron chi connectivity index (χ2n) is 10.1. The quantitative estimate of drug-likeness (QED) is 0.300. The number of para-hydroxylation sites is 1. The van der Waals surface area contributed by atoms with Crippen LogP contribution >= 0.6 is 0 Å². The van der Waals surface area contributed by atoms with E-state index in [0.29, 0.717) is 17.9 Å². The van der Waals surface area contributed by atoms with E-state index in [1.807, 2.05) is 50.4 Å². The van der Waals surface area contributed by atoms with Gasteiger partial charge in [0.2, 0.25) is 5.91 Å². The van der Waals surface area contributed by atoms with E-state index in [9.17, 15) is 9.59 Å². The number of aryl methyl sites for hydroxylation is 1. The van der Waals surface area contributed by atoms with Crippen molar-refractivity contribution in [3.05, 3.63) is 48.0 Å². The van der Waals surface area contributed by atoms with Gasteiger partial charge in [-0.2, -0.15) is 0 Å². The molecule has 4 N–H and O–H groups in total. The van der Waals surface area contributed by atoms with Crippen molar-refractivity contribution < 1.29 is 9.59 Å². The van der Waals surface area contributed by atoms with E-state index in [4.69, 9.17) is 5.41 Å². The van der Waals surface area contributed by atoms with Crippen LogP contribution in [0.3, 0.4) is 0 Å². The fraction of sp³-hybridized carbons (Fsp3) is 0.483. The molecule has 2 heterocycles. The Morgan fingerprint density at radius 1 is 1.16 bits per heavy atom. The zero-order valence-corrected chi connectivity index (χ0v) is 22.2. The summed E-state index contributed by atoms with van der Waals surface area (Å²) < 4.78 is 0. The second-order valence-corrected chi connectivity index (χ2v) is 10.1. The first kappa shape index (κ1) is 26.7. The SMILES string of the molecule is CCC(C(=N)C(=O)C(NC(=O)C(C)NC)C1CCCCC1)c1cc(-c2c[nH]c3ccccc23)nc(C)n1. The number of nitrogens with zero attached hydrogens (tertiary/aromatic N) is 2. The van der Waals surface area contributed by atoms with Gasteiger partial charge in [0.25, 0.3) is 0 Å². The van der Waals surface area contributed by atoms with Crippen LogP contribution in [-0.2, 0) is 9.59 Å². The molecule has 37 heavy (non-hydrogen) atoms. The Kier molecular flexibility index (Phi) is 8.48. The largest absolute Gasteiger partial charge is 0.360 e. The van der Waals surface area contributed by atoms with Gasteiger partial charge < -0.3 is 21.0 Å². The Morgan fingerprint density at radius 3 is 2.59 bits per heavy atom. The molecule has 3 atom stereocenters. The maximum atomic E-state index is 13.8. The number of carbonyl (C=O) groups excluding carboxylic acids is 2. The lowest BCUT2D eigenvalue weighted by Gasteiger charge is -2.31. The van der Waals surface area contributed by atoms with Gasteiger partial charge in [-0.25, -0.2) is 9.97 Å². The highest BCUT2D eigenvalue weighted by molar-refractivity contribution is 6.42. The fourth-order valence-electron chi connectivity index (χ4n) is 5.37. The highest BCUT2D eigenvalue weighted by Crippen LogP contribution is 2.32. The molecule has 3 aromatic rings. The third-order valence-corrected chi connectivity index (χ3v) is 7.63. The van der Waals surface area contributed by atoms with Gasteiger partial charge >= 0.3 is 0 Å². The predicted octanol–water partition coefficient (Wildman–Crippen LogP) is 4.69. The number of amides is 1. The molecular weight excluding hydrogens is 464 g/mol. The van der Waals surface area contributed by atoms with E-state index >= 15 is 0 Å². The number of hydrogen-bond acceptors (Lipinski definition) is 6. The number of nitrogens with one attached hydrogen (secondary N) is 4. The summed E-state index contributed by atoms with van der Waals surface area (Å²) in [6.45, 7) is 5.57. The molecule has 0 saturated heterocycles. The molecule has 1 aromatic carbocycles. The van der Waals surface area contributed by atoms with Gasteiger partial charge in [-0.15, -0.1) is 0 Å². The molecule has 1 fully saturated rings. The number of H-pyrrole nitrogens is 1. The van der Waals surface area contributed by atoms with E-state index in [1.54, 1.807) is 14.0 Å². The number of rotatable bonds is 10. The van der Waals surface area contributed by atoms with Crippen LogP contribution in [0.4, 0.5) is 0 Å². The standard InChI is InChI=1S/C29H38N6O2/c1-5-20(24-15-25(34-18(3)33-24)22-16-32-23-14-10-9-13-21(22)23)26(30)28(36)27(19-11-7-6-8-12-19)35-29(37)17(2)31-4/h9-10,13-17,19-20,27,30-32H,5-8,11-12H2,1-4H3,(H,35,37). The smallest absolute Gasteiger partial charge is 0.237 e. The van der Waals surface area contributed by atoms with E-state index in [2.05, 4.69) is 25.6 Å². The molecule has 1 amide bonds. The molecular formula is C29H38N6O2. The average molecular weight is 503 g/mol. The van der Waals surface area contributed by atoms with Gasteiger partial charge in [-0.1, -0.05) is 44.4 Å². The molecule has 0 spiro atoms. The monoisotopic (exact) mass is 502 g/mol. The van der Waals surface area contributed by atoms with Gasteiger partial charge in [0.05, 0.1) is 29.2 Å². The zero-order chi connectivity index (χ0) is 26.5. The normalized spacial score (nSPS) is 16.8. The predicted molar refractivity (Wildman–Crippen MR) is 147 cm³/mol. The van der Waals surface area contributed by atoms with Crippen molar-refractivity contribution in [3.63, 3.8) is 0 Å². The summed E-state index contributed by atoms with van der Waals surface area (Å²) in [7, 11) is 1.72. The lowest BCUT2D eigenvalue weighted by atomic mass is 9.79. The van der Waals surface area contributed by atoms with E-state index in [1.165, 1.54) is 0 Å². The van der Waals surface area contributed by atoms with Gasteiger partial charge in [0.1, 0.15) is 5.82 Å². The van der Waals surface area contributed by atoms with Crippen LogP contribution in [0.2, 0.25) is 0 Å². The zero-order valence-electron chi connectivity index (χ0n) is 22.2. The lowest BCUT2D eigenvalue weighted by molar-refractivity contribution is -0.127. The van der Waals surface area contributed by atoms with E-state index < -0.39 is 18.0 Å². The highest BCUT2D eigenvalue weighted by Gasteiger charge is 2.36. The Balaban J connectivity index is 1.65. The lowest BCUT2D eigenvalue weighted by Crippen LogP contribution is -2.53. The van der Waals surface area contributed by atoms with Crippen LogP contribution in [0.15, 0.2) is 36.5 Å². The van der Waals surface area contributed by atoms with Crippen LogP contribution < -0.4 is 10.6 Å². The Labute approximate surface area is 218 Å². The summed E-state index contributed by atoms with van der Waals surface area (Å²) in [6.07, 6.45) is 7.46. The van der Waals surface area contributed by atoms with Crippen molar-refractivity contribution in [3.8, 4) is 11.3 Å². The molecule has 8 heteroatoms. The number of ketones is 1. The maximum Gasteiger partial charge on any atom is 0.237 e. The van der Waals surface area contributed by atoms with Crippen molar-refractivity contribution in [1.82, 2.24) is 25.6 Å². The Bertz CT molecular complexity index is 1280. The van der Waals surface area contributed by atoms with Crippen LogP contribution in [0.5, 0.6) is 0 Å². The van der Waals surface area contributed by atoms with Gasteiger partial charge in [-0.3, -0.25) is 9.59 Å².